The molecule has 4 nitrogen and oxygen atoms in total. The molecular formula is C13H16BrNO3. The highest BCUT2D eigenvalue weighted by atomic mass is 79.9. The Morgan fingerprint density at radius 3 is 2.72 bits per heavy atom. The van der Waals surface area contributed by atoms with E-state index < -0.39 is 0 Å². The Labute approximate surface area is 114 Å². The zero-order chi connectivity index (χ0) is 13.2. The number of halogens is 1. The van der Waals surface area contributed by atoms with Gasteiger partial charge in [0, 0.05) is 11.9 Å². The number of hydrogen-bond donors (Lipinski definition) is 3. The first-order valence-electron chi connectivity index (χ1n) is 5.93. The molecule has 3 N–H and O–H groups in total. The van der Waals surface area contributed by atoms with Crippen LogP contribution >= 0.6 is 15.9 Å². The van der Waals surface area contributed by atoms with Crippen LogP contribution in [-0.4, -0.2) is 28.0 Å². The predicted octanol–water partition coefficient (Wildman–Crippen LogP) is 2.39. The van der Waals surface area contributed by atoms with Gasteiger partial charge in [-0.05, 0) is 36.8 Å². The van der Waals surface area contributed by atoms with E-state index in [1.54, 1.807) is 0 Å². The molecule has 1 aliphatic rings. The van der Waals surface area contributed by atoms with E-state index >= 15 is 0 Å². The number of benzene rings is 1. The maximum Gasteiger partial charge on any atom is 0.255 e. The molecule has 18 heavy (non-hydrogen) atoms. The summed E-state index contributed by atoms with van der Waals surface area (Å²) >= 11 is 3.41. The van der Waals surface area contributed by atoms with Gasteiger partial charge >= 0.3 is 0 Å². The van der Waals surface area contributed by atoms with Gasteiger partial charge in [-0.15, -0.1) is 0 Å². The lowest BCUT2D eigenvalue weighted by Gasteiger charge is -2.15. The van der Waals surface area contributed by atoms with Crippen LogP contribution in [0.4, 0.5) is 0 Å². The molecule has 5 heteroatoms. The van der Waals surface area contributed by atoms with Crippen LogP contribution in [0.2, 0.25) is 0 Å². The summed E-state index contributed by atoms with van der Waals surface area (Å²) in [6.07, 6.45) is 3.30. The lowest BCUT2D eigenvalue weighted by atomic mass is 10.0. The first-order chi connectivity index (χ1) is 8.58. The number of phenolic OH excluding ortho intramolecular Hbond substituents is 2. The molecule has 1 aromatic carbocycles. The highest BCUT2D eigenvalue weighted by molar-refractivity contribution is 9.09. The third-order valence-electron chi connectivity index (χ3n) is 3.47. The first kappa shape index (κ1) is 13.2. The molecule has 0 heterocycles. The molecule has 0 spiro atoms. The van der Waals surface area contributed by atoms with Crippen LogP contribution in [0.5, 0.6) is 11.5 Å². The molecule has 0 radical (unpaired) electrons. The fourth-order valence-electron chi connectivity index (χ4n) is 1.97. The molecule has 2 rings (SSSR count). The third-order valence-corrected chi connectivity index (χ3v) is 3.86. The van der Waals surface area contributed by atoms with E-state index in [4.69, 9.17) is 0 Å². The van der Waals surface area contributed by atoms with Crippen LogP contribution in [0.25, 0.3) is 0 Å². The van der Waals surface area contributed by atoms with Gasteiger partial charge in [0.1, 0.15) is 0 Å². The van der Waals surface area contributed by atoms with Gasteiger partial charge in [0.05, 0.1) is 5.56 Å². The standard InChI is InChI=1S/C13H16BrNO3/c14-7-6-13(4-5-13)8-15-12(18)9-2-1-3-10(16)11(9)17/h1-3,16-17H,4-8H2,(H,15,18). The van der Waals surface area contributed by atoms with Gasteiger partial charge in [0.25, 0.3) is 5.91 Å². The second-order valence-electron chi connectivity index (χ2n) is 4.79. The summed E-state index contributed by atoms with van der Waals surface area (Å²) in [6, 6.07) is 4.38. The van der Waals surface area contributed by atoms with Crippen LogP contribution in [0, 0.1) is 5.41 Å². The van der Waals surface area contributed by atoms with Crippen molar-refractivity contribution in [2.75, 3.05) is 11.9 Å². The number of alkyl halides is 1. The summed E-state index contributed by atoms with van der Waals surface area (Å²) in [5, 5.41) is 22.7. The highest BCUT2D eigenvalue weighted by Gasteiger charge is 2.41. The van der Waals surface area contributed by atoms with E-state index in [-0.39, 0.29) is 28.4 Å². The van der Waals surface area contributed by atoms with Gasteiger partial charge in [0.2, 0.25) is 0 Å². The number of aromatic hydroxyl groups is 2. The first-order valence-corrected chi connectivity index (χ1v) is 7.05. The average Bonchev–Trinajstić information content (AvgIpc) is 3.11. The van der Waals surface area contributed by atoms with Crippen LogP contribution in [0.1, 0.15) is 29.6 Å². The van der Waals surface area contributed by atoms with Crippen molar-refractivity contribution in [3.63, 3.8) is 0 Å². The monoisotopic (exact) mass is 313 g/mol. The van der Waals surface area contributed by atoms with Gasteiger partial charge in [-0.25, -0.2) is 0 Å². The van der Waals surface area contributed by atoms with Crippen molar-refractivity contribution in [3.05, 3.63) is 23.8 Å². The van der Waals surface area contributed by atoms with Crippen LogP contribution in [-0.2, 0) is 0 Å². The zero-order valence-electron chi connectivity index (χ0n) is 9.95. The maximum absolute atomic E-state index is 11.9. The van der Waals surface area contributed by atoms with Crippen molar-refractivity contribution in [3.8, 4) is 11.5 Å². The number of phenols is 2. The van der Waals surface area contributed by atoms with Crippen LogP contribution < -0.4 is 5.32 Å². The average molecular weight is 314 g/mol. The second kappa shape index (κ2) is 5.18. The number of rotatable bonds is 5. The van der Waals surface area contributed by atoms with E-state index in [0.717, 1.165) is 24.6 Å². The normalized spacial score (nSPS) is 16.3. The maximum atomic E-state index is 11.9. The van der Waals surface area contributed by atoms with Crippen molar-refractivity contribution in [1.29, 1.82) is 0 Å². The number of hydrogen-bond acceptors (Lipinski definition) is 3. The van der Waals surface area contributed by atoms with Gasteiger partial charge in [-0.2, -0.15) is 0 Å². The van der Waals surface area contributed by atoms with Crippen molar-refractivity contribution >= 4 is 21.8 Å². The van der Waals surface area contributed by atoms with Crippen molar-refractivity contribution in [2.24, 2.45) is 5.41 Å². The third kappa shape index (κ3) is 2.77. The quantitative estimate of drug-likeness (QED) is 0.577. The Morgan fingerprint density at radius 1 is 1.39 bits per heavy atom. The summed E-state index contributed by atoms with van der Waals surface area (Å²) in [7, 11) is 0. The number of nitrogens with one attached hydrogen (secondary N) is 1. The lowest BCUT2D eigenvalue weighted by molar-refractivity contribution is 0.0941. The fraction of sp³-hybridized carbons (Fsp3) is 0.462. The predicted molar refractivity (Wildman–Crippen MR) is 72.2 cm³/mol. The molecule has 1 aromatic rings. The summed E-state index contributed by atoms with van der Waals surface area (Å²) in [5.74, 6) is -0.978. The Morgan fingerprint density at radius 2 is 2.11 bits per heavy atom. The highest BCUT2D eigenvalue weighted by Crippen LogP contribution is 2.48. The molecular weight excluding hydrogens is 298 g/mol. The van der Waals surface area contributed by atoms with Crippen molar-refractivity contribution < 1.29 is 15.0 Å². The topological polar surface area (TPSA) is 69.6 Å². The Balaban J connectivity index is 1.98. The van der Waals surface area contributed by atoms with Gasteiger partial charge in [-0.1, -0.05) is 22.0 Å². The Hall–Kier alpha value is -1.23. The molecule has 98 valence electrons. The SMILES string of the molecule is O=C(NCC1(CCBr)CC1)c1cccc(O)c1O. The molecule has 1 amide bonds. The smallest absolute Gasteiger partial charge is 0.255 e. The van der Waals surface area contributed by atoms with E-state index in [9.17, 15) is 15.0 Å². The number of carbonyl (C=O) groups is 1. The molecule has 1 saturated carbocycles. The molecule has 0 saturated heterocycles. The number of para-hydroxylation sites is 1. The fourth-order valence-corrected chi connectivity index (χ4v) is 2.81. The largest absolute Gasteiger partial charge is 0.504 e. The summed E-state index contributed by atoms with van der Waals surface area (Å²) in [5.41, 5.74) is 0.343. The number of amides is 1. The van der Waals surface area contributed by atoms with Crippen LogP contribution in [0.15, 0.2) is 18.2 Å². The minimum Gasteiger partial charge on any atom is -0.504 e. The summed E-state index contributed by atoms with van der Waals surface area (Å²) in [6.45, 7) is 0.618. The number of carbonyl (C=O) groups excluding carboxylic acids is 1. The molecule has 1 aliphatic carbocycles. The molecule has 0 unspecified atom stereocenters. The van der Waals surface area contributed by atoms with Gasteiger partial charge < -0.3 is 15.5 Å². The van der Waals surface area contributed by atoms with E-state index in [1.807, 2.05) is 0 Å². The Bertz CT molecular complexity index is 458. The molecule has 1 fully saturated rings. The van der Waals surface area contributed by atoms with Crippen molar-refractivity contribution in [2.45, 2.75) is 19.3 Å². The lowest BCUT2D eigenvalue weighted by Crippen LogP contribution is -2.30. The molecule has 0 atom stereocenters. The van der Waals surface area contributed by atoms with Crippen LogP contribution in [0.3, 0.4) is 0 Å². The zero-order valence-corrected chi connectivity index (χ0v) is 11.5. The molecule has 0 bridgehead atoms. The van der Waals surface area contributed by atoms with E-state index in [0.29, 0.717) is 6.54 Å². The second-order valence-corrected chi connectivity index (χ2v) is 5.59. The summed E-state index contributed by atoms with van der Waals surface area (Å²) < 4.78 is 0. The van der Waals surface area contributed by atoms with Gasteiger partial charge in [0.15, 0.2) is 11.5 Å². The Kier molecular flexibility index (Phi) is 3.80. The molecule has 0 aromatic heterocycles. The summed E-state index contributed by atoms with van der Waals surface area (Å²) in [4.78, 5) is 11.9. The van der Waals surface area contributed by atoms with E-state index in [2.05, 4.69) is 21.2 Å². The van der Waals surface area contributed by atoms with Crippen molar-refractivity contribution in [1.82, 2.24) is 5.32 Å². The van der Waals surface area contributed by atoms with Gasteiger partial charge in [-0.3, -0.25) is 4.79 Å². The molecule has 0 aliphatic heterocycles. The minimum atomic E-state index is -0.361. The van der Waals surface area contributed by atoms with E-state index in [1.165, 1.54) is 18.2 Å². The minimum absolute atomic E-state index is 0.115.